The fourth-order valence-corrected chi connectivity index (χ4v) is 0. The summed E-state index contributed by atoms with van der Waals surface area (Å²) in [7, 11) is 2.00. The molecule has 0 unspecified atom stereocenters. The van der Waals surface area contributed by atoms with Gasteiger partial charge in [-0.05, 0) is 0 Å². The van der Waals surface area contributed by atoms with Gasteiger partial charge in [0.15, 0.2) is 0 Å². The van der Waals surface area contributed by atoms with Crippen LogP contribution in [0.1, 0.15) is 0 Å². The molecule has 0 aliphatic rings. The summed E-state index contributed by atoms with van der Waals surface area (Å²) >= 11 is 0. The monoisotopic (exact) mass is 148 g/mol. The largest absolute Gasteiger partial charge is 0.400 e. The molecular formula is C2H9ClO2Ti. The number of rotatable bonds is 0. The minimum Gasteiger partial charge on any atom is -0.400 e. The Kier molecular flexibility index (Phi) is 796. The van der Waals surface area contributed by atoms with Gasteiger partial charge in [-0.3, -0.25) is 0 Å². The van der Waals surface area contributed by atoms with Crippen LogP contribution < -0.4 is 0 Å². The van der Waals surface area contributed by atoms with Crippen molar-refractivity contribution in [1.82, 2.24) is 0 Å². The van der Waals surface area contributed by atoms with Gasteiger partial charge in [0.05, 0.1) is 0 Å². The summed E-state index contributed by atoms with van der Waals surface area (Å²) in [5.74, 6) is 0. The smallest absolute Gasteiger partial charge is 0.0319 e. The Bertz CT molecular complexity index is 11.5. The van der Waals surface area contributed by atoms with Crippen molar-refractivity contribution in [3.05, 3.63) is 0 Å². The normalized spacial score (nSPS) is 2.00. The average molecular weight is 148 g/mol. The van der Waals surface area contributed by atoms with Crippen LogP contribution in [-0.4, -0.2) is 24.4 Å². The zero-order valence-electron chi connectivity index (χ0n) is 3.80. The molecule has 40 valence electrons. The molecule has 0 fully saturated rings. The van der Waals surface area contributed by atoms with Crippen LogP contribution in [0.4, 0.5) is 0 Å². The van der Waals surface area contributed by atoms with Crippen LogP contribution in [0.5, 0.6) is 0 Å². The Morgan fingerprint density at radius 3 is 0.833 bits per heavy atom. The number of hydrogen-bond acceptors (Lipinski definition) is 2. The molecule has 6 heavy (non-hydrogen) atoms. The molecule has 0 atom stereocenters. The average Bonchev–Trinajstić information content (AvgIpc) is 1.50. The third-order valence-electron chi connectivity index (χ3n) is 0. The van der Waals surface area contributed by atoms with Crippen LogP contribution in [-0.2, 0) is 21.7 Å². The van der Waals surface area contributed by atoms with Gasteiger partial charge in [0, 0.05) is 35.9 Å². The van der Waals surface area contributed by atoms with Crippen LogP contribution in [0.3, 0.4) is 0 Å². The first kappa shape index (κ1) is 28.4. The fourth-order valence-electron chi connectivity index (χ4n) is 0. The van der Waals surface area contributed by atoms with E-state index in [1.54, 1.807) is 0 Å². The Morgan fingerprint density at radius 2 is 0.833 bits per heavy atom. The summed E-state index contributed by atoms with van der Waals surface area (Å²) < 4.78 is 0. The molecule has 0 aromatic rings. The summed E-state index contributed by atoms with van der Waals surface area (Å²) in [6, 6.07) is 0. The Morgan fingerprint density at radius 1 is 0.833 bits per heavy atom. The standard InChI is InChI=1S/2CH4O.ClH.Ti/c2*1-2;;/h2*2H,1H3;1H;. The summed E-state index contributed by atoms with van der Waals surface area (Å²) in [4.78, 5) is 0. The van der Waals surface area contributed by atoms with E-state index in [9.17, 15) is 0 Å². The molecule has 0 spiro atoms. The summed E-state index contributed by atoms with van der Waals surface area (Å²) in [5.41, 5.74) is 0. The maximum absolute atomic E-state index is 7.00. The van der Waals surface area contributed by atoms with Crippen molar-refractivity contribution in [2.75, 3.05) is 14.2 Å². The van der Waals surface area contributed by atoms with Gasteiger partial charge in [0.2, 0.25) is 0 Å². The van der Waals surface area contributed by atoms with E-state index in [0.717, 1.165) is 14.2 Å². The predicted octanol–water partition coefficient (Wildman–Crippen LogP) is -0.364. The van der Waals surface area contributed by atoms with E-state index in [-0.39, 0.29) is 34.1 Å². The van der Waals surface area contributed by atoms with E-state index in [4.69, 9.17) is 10.2 Å². The maximum atomic E-state index is 7.00. The molecule has 0 aliphatic carbocycles. The summed E-state index contributed by atoms with van der Waals surface area (Å²) in [6.45, 7) is 0. The molecule has 2 nitrogen and oxygen atoms in total. The molecule has 2 N–H and O–H groups in total. The summed E-state index contributed by atoms with van der Waals surface area (Å²) in [6.07, 6.45) is 0. The van der Waals surface area contributed by atoms with Gasteiger partial charge >= 0.3 is 0 Å². The van der Waals surface area contributed by atoms with Crippen molar-refractivity contribution in [2.24, 2.45) is 0 Å². The van der Waals surface area contributed by atoms with E-state index in [2.05, 4.69) is 0 Å². The van der Waals surface area contributed by atoms with E-state index in [1.165, 1.54) is 0 Å². The molecular weight excluding hydrogens is 139 g/mol. The minimum atomic E-state index is 0. The molecule has 0 bridgehead atoms. The van der Waals surface area contributed by atoms with E-state index in [0.29, 0.717) is 0 Å². The van der Waals surface area contributed by atoms with Crippen molar-refractivity contribution in [3.8, 4) is 0 Å². The van der Waals surface area contributed by atoms with Crippen LogP contribution in [0.25, 0.3) is 0 Å². The second kappa shape index (κ2) is 168. The van der Waals surface area contributed by atoms with Crippen molar-refractivity contribution < 1.29 is 31.9 Å². The van der Waals surface area contributed by atoms with Gasteiger partial charge < -0.3 is 10.2 Å². The number of hydrogen-bond donors (Lipinski definition) is 2. The third kappa shape index (κ3) is 88.8. The van der Waals surface area contributed by atoms with Gasteiger partial charge in [0.25, 0.3) is 0 Å². The second-order valence-corrected chi connectivity index (χ2v) is 0. The number of halogens is 1. The Labute approximate surface area is 58.9 Å². The first-order valence-corrected chi connectivity index (χ1v) is 0.894. The Balaban J connectivity index is -0.00000000500. The van der Waals surface area contributed by atoms with Crippen LogP contribution in [0, 0.1) is 0 Å². The van der Waals surface area contributed by atoms with Gasteiger partial charge in [-0.1, -0.05) is 0 Å². The first-order valence-electron chi connectivity index (χ1n) is 0.894. The second-order valence-electron chi connectivity index (χ2n) is 0. The van der Waals surface area contributed by atoms with Crippen molar-refractivity contribution in [2.45, 2.75) is 0 Å². The maximum Gasteiger partial charge on any atom is 0.0319 e. The van der Waals surface area contributed by atoms with E-state index >= 15 is 0 Å². The quantitative estimate of drug-likeness (QED) is 0.461. The predicted molar refractivity (Wildman–Crippen MR) is 23.5 cm³/mol. The molecule has 0 aromatic heterocycles. The van der Waals surface area contributed by atoms with E-state index in [1.807, 2.05) is 0 Å². The molecule has 0 heterocycles. The fraction of sp³-hybridized carbons (Fsp3) is 1.00. The van der Waals surface area contributed by atoms with Gasteiger partial charge in [-0.15, -0.1) is 12.4 Å². The molecule has 0 radical (unpaired) electrons. The number of aliphatic hydroxyl groups excluding tert-OH is 2. The Hall–Kier alpha value is 0.924. The van der Waals surface area contributed by atoms with Gasteiger partial charge in [0.1, 0.15) is 0 Å². The topological polar surface area (TPSA) is 40.5 Å². The number of aliphatic hydroxyl groups is 2. The molecule has 0 aromatic carbocycles. The van der Waals surface area contributed by atoms with Crippen molar-refractivity contribution in [1.29, 1.82) is 0 Å². The molecule has 0 saturated carbocycles. The first-order chi connectivity index (χ1) is 2.00. The zero-order valence-corrected chi connectivity index (χ0v) is 6.18. The molecule has 0 saturated heterocycles. The van der Waals surface area contributed by atoms with Gasteiger partial charge in [-0.25, -0.2) is 0 Å². The minimum absolute atomic E-state index is 0. The zero-order chi connectivity index (χ0) is 4.00. The van der Waals surface area contributed by atoms with Crippen molar-refractivity contribution in [3.63, 3.8) is 0 Å². The SMILES string of the molecule is CO.CO.Cl.[Ti]. The third-order valence-corrected chi connectivity index (χ3v) is 0. The van der Waals surface area contributed by atoms with Crippen LogP contribution in [0.15, 0.2) is 0 Å². The van der Waals surface area contributed by atoms with Crippen LogP contribution >= 0.6 is 12.4 Å². The summed E-state index contributed by atoms with van der Waals surface area (Å²) in [5, 5.41) is 14.0. The molecule has 0 aliphatic heterocycles. The van der Waals surface area contributed by atoms with Gasteiger partial charge in [-0.2, -0.15) is 0 Å². The molecule has 0 rings (SSSR count). The molecule has 4 heteroatoms. The van der Waals surface area contributed by atoms with Crippen molar-refractivity contribution >= 4 is 12.4 Å². The van der Waals surface area contributed by atoms with Crippen LogP contribution in [0.2, 0.25) is 0 Å². The van der Waals surface area contributed by atoms with E-state index < -0.39 is 0 Å². The molecule has 0 amide bonds.